The largest absolute Gasteiger partial charge is 0.379 e. The lowest BCUT2D eigenvalue weighted by molar-refractivity contribution is 0.103. The summed E-state index contributed by atoms with van der Waals surface area (Å²) in [7, 11) is -3.70. The lowest BCUT2D eigenvalue weighted by Crippen LogP contribution is -2.21. The Hall–Kier alpha value is -0.950. The van der Waals surface area contributed by atoms with Crippen LogP contribution >= 0.6 is 0 Å². The van der Waals surface area contributed by atoms with Crippen LogP contribution in [0.2, 0.25) is 0 Å². The molecule has 0 bridgehead atoms. The Morgan fingerprint density at radius 3 is 2.32 bits per heavy atom. The zero-order valence-electron chi connectivity index (χ0n) is 10.9. The molecule has 1 saturated heterocycles. The van der Waals surface area contributed by atoms with Gasteiger partial charge < -0.3 is 9.47 Å². The first-order chi connectivity index (χ1) is 9.08. The van der Waals surface area contributed by atoms with E-state index in [-0.39, 0.29) is 17.4 Å². The second-order valence-electron chi connectivity index (χ2n) is 4.57. The first kappa shape index (κ1) is 14.5. The molecular formula is C13H18O5S. The van der Waals surface area contributed by atoms with Crippen molar-refractivity contribution in [1.82, 2.24) is 0 Å². The highest BCUT2D eigenvalue weighted by molar-refractivity contribution is 7.86. The van der Waals surface area contributed by atoms with Crippen LogP contribution in [0.1, 0.15) is 5.56 Å². The van der Waals surface area contributed by atoms with Gasteiger partial charge in [0.25, 0.3) is 10.1 Å². The second-order valence-corrected chi connectivity index (χ2v) is 6.18. The van der Waals surface area contributed by atoms with Gasteiger partial charge in [-0.3, -0.25) is 4.18 Å². The second kappa shape index (κ2) is 6.47. The molecule has 0 amide bonds. The first-order valence-corrected chi connectivity index (χ1v) is 7.60. The normalized spacial score (nSPS) is 18.2. The van der Waals surface area contributed by atoms with Gasteiger partial charge in [-0.1, -0.05) is 17.7 Å². The molecule has 1 heterocycles. The van der Waals surface area contributed by atoms with E-state index in [1.807, 2.05) is 6.92 Å². The summed E-state index contributed by atoms with van der Waals surface area (Å²) < 4.78 is 39.6. The molecular weight excluding hydrogens is 268 g/mol. The van der Waals surface area contributed by atoms with Crippen molar-refractivity contribution in [2.75, 3.05) is 33.0 Å². The van der Waals surface area contributed by atoms with E-state index in [1.54, 1.807) is 24.3 Å². The molecule has 0 unspecified atom stereocenters. The van der Waals surface area contributed by atoms with Crippen molar-refractivity contribution in [3.8, 4) is 0 Å². The summed E-state index contributed by atoms with van der Waals surface area (Å²) in [6.45, 7) is 3.99. The van der Waals surface area contributed by atoms with Crippen LogP contribution in [-0.2, 0) is 23.8 Å². The third kappa shape index (κ3) is 4.28. The van der Waals surface area contributed by atoms with Crippen molar-refractivity contribution in [2.24, 2.45) is 5.92 Å². The molecule has 5 nitrogen and oxygen atoms in total. The number of rotatable bonds is 4. The van der Waals surface area contributed by atoms with Gasteiger partial charge >= 0.3 is 0 Å². The quantitative estimate of drug-likeness (QED) is 0.782. The SMILES string of the molecule is Cc1ccc(S(=O)(=O)OCC2COCCOC2)cc1. The minimum Gasteiger partial charge on any atom is -0.379 e. The van der Waals surface area contributed by atoms with Gasteiger partial charge in [-0.05, 0) is 19.1 Å². The molecule has 2 rings (SSSR count). The van der Waals surface area contributed by atoms with Gasteiger partial charge in [-0.25, -0.2) is 0 Å². The molecule has 0 atom stereocenters. The predicted molar refractivity (Wildman–Crippen MR) is 69.4 cm³/mol. The highest BCUT2D eigenvalue weighted by Crippen LogP contribution is 2.15. The minimum atomic E-state index is -3.70. The third-order valence-corrected chi connectivity index (χ3v) is 4.14. The predicted octanol–water partition coefficient (Wildman–Crippen LogP) is 1.36. The standard InChI is InChI=1S/C13H18O5S/c1-11-2-4-13(5-3-11)19(14,15)18-10-12-8-16-6-7-17-9-12/h2-5,12H,6-10H2,1H3. The molecule has 0 radical (unpaired) electrons. The molecule has 106 valence electrons. The minimum absolute atomic E-state index is 0.0530. The smallest absolute Gasteiger partial charge is 0.296 e. The van der Waals surface area contributed by atoms with Gasteiger partial charge in [-0.2, -0.15) is 8.42 Å². The molecule has 0 N–H and O–H groups in total. The topological polar surface area (TPSA) is 61.8 Å². The molecule has 1 aromatic rings. The number of hydrogen-bond donors (Lipinski definition) is 0. The van der Waals surface area contributed by atoms with E-state index in [2.05, 4.69) is 0 Å². The van der Waals surface area contributed by atoms with Crippen LogP contribution < -0.4 is 0 Å². The summed E-state index contributed by atoms with van der Waals surface area (Å²) in [6, 6.07) is 6.58. The molecule has 6 heteroatoms. The van der Waals surface area contributed by atoms with E-state index < -0.39 is 10.1 Å². The van der Waals surface area contributed by atoms with Crippen LogP contribution in [0.3, 0.4) is 0 Å². The fraction of sp³-hybridized carbons (Fsp3) is 0.538. The van der Waals surface area contributed by atoms with E-state index in [9.17, 15) is 8.42 Å². The van der Waals surface area contributed by atoms with Crippen molar-refractivity contribution < 1.29 is 22.1 Å². The Morgan fingerprint density at radius 1 is 1.16 bits per heavy atom. The van der Waals surface area contributed by atoms with Crippen molar-refractivity contribution in [1.29, 1.82) is 0 Å². The van der Waals surface area contributed by atoms with Gasteiger partial charge in [0.15, 0.2) is 0 Å². The molecule has 0 saturated carbocycles. The van der Waals surface area contributed by atoms with Crippen molar-refractivity contribution in [2.45, 2.75) is 11.8 Å². The molecule has 1 aromatic carbocycles. The highest BCUT2D eigenvalue weighted by atomic mass is 32.2. The van der Waals surface area contributed by atoms with Crippen LogP contribution in [0, 0.1) is 12.8 Å². The number of ether oxygens (including phenoxy) is 2. The molecule has 1 fully saturated rings. The Bertz CT molecular complexity index is 486. The van der Waals surface area contributed by atoms with E-state index in [1.165, 1.54) is 0 Å². The van der Waals surface area contributed by atoms with Crippen molar-refractivity contribution in [3.05, 3.63) is 29.8 Å². The molecule has 0 aliphatic carbocycles. The van der Waals surface area contributed by atoms with Gasteiger partial charge in [0.1, 0.15) is 0 Å². The Labute approximate surface area is 113 Å². The van der Waals surface area contributed by atoms with Crippen LogP contribution in [0.15, 0.2) is 29.2 Å². The highest BCUT2D eigenvalue weighted by Gasteiger charge is 2.20. The molecule has 1 aliphatic rings. The first-order valence-electron chi connectivity index (χ1n) is 6.19. The summed E-state index contributed by atoms with van der Waals surface area (Å²) >= 11 is 0. The Kier molecular flexibility index (Phi) is 4.93. The summed E-state index contributed by atoms with van der Waals surface area (Å²) in [5, 5.41) is 0. The average molecular weight is 286 g/mol. The van der Waals surface area contributed by atoms with Crippen LogP contribution in [0.25, 0.3) is 0 Å². The van der Waals surface area contributed by atoms with E-state index >= 15 is 0 Å². The Morgan fingerprint density at radius 2 is 1.74 bits per heavy atom. The van der Waals surface area contributed by atoms with Crippen LogP contribution in [0.4, 0.5) is 0 Å². The van der Waals surface area contributed by atoms with Gasteiger partial charge in [0.05, 0.1) is 37.9 Å². The molecule has 0 spiro atoms. The van der Waals surface area contributed by atoms with E-state index in [4.69, 9.17) is 13.7 Å². The average Bonchev–Trinajstić information content (AvgIpc) is 2.65. The maximum atomic E-state index is 12.0. The summed E-state index contributed by atoms with van der Waals surface area (Å²) in [4.78, 5) is 0.175. The zero-order valence-corrected chi connectivity index (χ0v) is 11.7. The third-order valence-electron chi connectivity index (χ3n) is 2.85. The number of hydrogen-bond acceptors (Lipinski definition) is 5. The van der Waals surface area contributed by atoms with Gasteiger partial charge in [0.2, 0.25) is 0 Å². The molecule has 19 heavy (non-hydrogen) atoms. The lowest BCUT2D eigenvalue weighted by atomic mass is 10.2. The lowest BCUT2D eigenvalue weighted by Gasteiger charge is -2.13. The van der Waals surface area contributed by atoms with Crippen LogP contribution in [0.5, 0.6) is 0 Å². The number of benzene rings is 1. The van der Waals surface area contributed by atoms with E-state index in [0.717, 1.165) is 5.56 Å². The maximum absolute atomic E-state index is 12.0. The van der Waals surface area contributed by atoms with Gasteiger partial charge in [-0.15, -0.1) is 0 Å². The fourth-order valence-electron chi connectivity index (χ4n) is 1.72. The number of aryl methyl sites for hydroxylation is 1. The van der Waals surface area contributed by atoms with E-state index in [0.29, 0.717) is 26.4 Å². The summed E-state index contributed by atoms with van der Waals surface area (Å²) in [5.41, 5.74) is 1.00. The summed E-state index contributed by atoms with van der Waals surface area (Å²) in [6.07, 6.45) is 0. The summed E-state index contributed by atoms with van der Waals surface area (Å²) in [5.74, 6) is -0.0530. The Balaban J connectivity index is 1.95. The fourth-order valence-corrected chi connectivity index (χ4v) is 2.70. The van der Waals surface area contributed by atoms with Crippen molar-refractivity contribution >= 4 is 10.1 Å². The molecule has 1 aliphatic heterocycles. The van der Waals surface area contributed by atoms with Gasteiger partial charge in [0, 0.05) is 5.92 Å². The maximum Gasteiger partial charge on any atom is 0.296 e. The monoisotopic (exact) mass is 286 g/mol. The zero-order chi connectivity index (χ0) is 13.7. The molecule has 0 aromatic heterocycles. The van der Waals surface area contributed by atoms with Crippen molar-refractivity contribution in [3.63, 3.8) is 0 Å². The van der Waals surface area contributed by atoms with Crippen LogP contribution in [-0.4, -0.2) is 41.5 Å².